The minimum absolute atomic E-state index is 0.151. The van der Waals surface area contributed by atoms with Crippen molar-refractivity contribution in [1.29, 1.82) is 0 Å². The van der Waals surface area contributed by atoms with Gasteiger partial charge in [0.15, 0.2) is 11.6 Å². The van der Waals surface area contributed by atoms with Gasteiger partial charge in [0.1, 0.15) is 18.1 Å². The summed E-state index contributed by atoms with van der Waals surface area (Å²) in [5, 5.41) is 6.37. The fourth-order valence-corrected chi connectivity index (χ4v) is 2.96. The third kappa shape index (κ3) is 4.64. The number of benzene rings is 2. The molecule has 0 aliphatic carbocycles. The highest BCUT2D eigenvalue weighted by molar-refractivity contribution is 9.10. The molecular weight excluding hydrogens is 442 g/mol. The van der Waals surface area contributed by atoms with Gasteiger partial charge in [-0.2, -0.15) is 0 Å². The van der Waals surface area contributed by atoms with Gasteiger partial charge >= 0.3 is 5.76 Å². The second-order valence-corrected chi connectivity index (χ2v) is 6.91. The Labute approximate surface area is 172 Å². The predicted molar refractivity (Wildman–Crippen MR) is 108 cm³/mol. The maximum absolute atomic E-state index is 12.5. The van der Waals surface area contributed by atoms with Crippen molar-refractivity contribution in [2.24, 2.45) is 0 Å². The van der Waals surface area contributed by atoms with Crippen LogP contribution in [0, 0.1) is 0 Å². The number of ether oxygens (including phenoxy) is 1. The summed E-state index contributed by atoms with van der Waals surface area (Å²) < 4.78 is 16.6. The molecule has 2 N–H and O–H groups in total. The molecule has 0 radical (unpaired) electrons. The number of nitrogens with zero attached hydrogens (tertiary/aromatic N) is 1. The number of hydrogen-bond acceptors (Lipinski definition) is 6. The molecule has 4 rings (SSSR count). The topological polar surface area (TPSA) is 110 Å². The molecule has 4 aromatic rings. The number of furan rings is 1. The number of rotatable bonds is 6. The minimum atomic E-state index is -0.650. The van der Waals surface area contributed by atoms with Crippen LogP contribution in [0.4, 0.5) is 5.69 Å². The Morgan fingerprint density at radius 3 is 2.79 bits per heavy atom. The maximum Gasteiger partial charge on any atom is 0.439 e. The Morgan fingerprint density at radius 1 is 1.14 bits per heavy atom. The van der Waals surface area contributed by atoms with E-state index < -0.39 is 11.7 Å². The number of aromatic amines is 1. The molecule has 0 aliphatic heterocycles. The Kier molecular flexibility index (Phi) is 5.30. The van der Waals surface area contributed by atoms with Gasteiger partial charge in [0, 0.05) is 15.7 Å². The number of hydrogen-bond donors (Lipinski definition) is 2. The van der Waals surface area contributed by atoms with Crippen LogP contribution >= 0.6 is 15.9 Å². The summed E-state index contributed by atoms with van der Waals surface area (Å²) in [6, 6.07) is 17.5. The molecule has 146 valence electrons. The first-order valence-corrected chi connectivity index (χ1v) is 9.31. The van der Waals surface area contributed by atoms with E-state index in [2.05, 4.69) is 35.9 Å². The van der Waals surface area contributed by atoms with Crippen LogP contribution in [-0.2, 0) is 6.61 Å². The highest BCUT2D eigenvalue weighted by atomic mass is 79.9. The molecule has 0 aliphatic rings. The van der Waals surface area contributed by atoms with Crippen LogP contribution in [0.25, 0.3) is 11.4 Å². The lowest BCUT2D eigenvalue weighted by molar-refractivity contribution is 0.0992. The first kappa shape index (κ1) is 18.8. The van der Waals surface area contributed by atoms with E-state index in [-0.39, 0.29) is 18.2 Å². The average molecular weight is 456 g/mol. The highest BCUT2D eigenvalue weighted by Gasteiger charge is 2.13. The minimum Gasteiger partial charge on any atom is -0.486 e. The van der Waals surface area contributed by atoms with Crippen LogP contribution in [-0.4, -0.2) is 16.0 Å². The predicted octanol–water partition coefficient (Wildman–Crippen LogP) is 4.22. The Balaban J connectivity index is 1.41. The molecule has 0 spiro atoms. The summed E-state index contributed by atoms with van der Waals surface area (Å²) in [5.41, 5.74) is 1.11. The molecule has 2 heterocycles. The smallest absolute Gasteiger partial charge is 0.439 e. The van der Waals surface area contributed by atoms with Gasteiger partial charge in [-0.3, -0.25) is 14.3 Å². The van der Waals surface area contributed by atoms with Crippen molar-refractivity contribution in [1.82, 2.24) is 10.1 Å². The van der Waals surface area contributed by atoms with Crippen molar-refractivity contribution < 1.29 is 18.5 Å². The number of amides is 1. The summed E-state index contributed by atoms with van der Waals surface area (Å²) in [4.78, 5) is 26.0. The van der Waals surface area contributed by atoms with Gasteiger partial charge in [-0.25, -0.2) is 4.79 Å². The Hall–Kier alpha value is -3.59. The number of H-pyrrole nitrogens is 1. The largest absolute Gasteiger partial charge is 0.486 e. The average Bonchev–Trinajstić information content (AvgIpc) is 3.36. The number of anilines is 1. The van der Waals surface area contributed by atoms with Crippen LogP contribution in [0.2, 0.25) is 0 Å². The van der Waals surface area contributed by atoms with Gasteiger partial charge in [0.2, 0.25) is 0 Å². The molecule has 0 bridgehead atoms. The third-order valence-electron chi connectivity index (χ3n) is 3.90. The van der Waals surface area contributed by atoms with E-state index >= 15 is 0 Å². The number of nitrogens with one attached hydrogen (secondary N) is 2. The zero-order valence-corrected chi connectivity index (χ0v) is 16.4. The second-order valence-electron chi connectivity index (χ2n) is 5.99. The van der Waals surface area contributed by atoms with E-state index in [0.29, 0.717) is 22.8 Å². The normalized spacial score (nSPS) is 10.7. The second kappa shape index (κ2) is 8.19. The molecule has 29 heavy (non-hydrogen) atoms. The lowest BCUT2D eigenvalue weighted by Crippen LogP contribution is -2.11. The van der Waals surface area contributed by atoms with Crippen molar-refractivity contribution in [3.05, 3.63) is 87.2 Å². The van der Waals surface area contributed by atoms with Crippen LogP contribution < -0.4 is 15.8 Å². The van der Waals surface area contributed by atoms with E-state index in [1.165, 1.54) is 0 Å². The SMILES string of the molecule is O=C(Nc1cccc(-c2noc(=O)[nH]2)c1)c1ccc(COc2cccc(Br)c2)o1. The molecule has 2 aromatic heterocycles. The van der Waals surface area contributed by atoms with Gasteiger partial charge in [-0.1, -0.05) is 39.3 Å². The van der Waals surface area contributed by atoms with Crippen molar-refractivity contribution in [2.45, 2.75) is 6.61 Å². The third-order valence-corrected chi connectivity index (χ3v) is 4.39. The maximum atomic E-state index is 12.5. The van der Waals surface area contributed by atoms with Gasteiger partial charge in [-0.15, -0.1) is 0 Å². The summed E-state index contributed by atoms with van der Waals surface area (Å²) in [5.74, 6) is 0.565. The van der Waals surface area contributed by atoms with Crippen molar-refractivity contribution in [3.8, 4) is 17.1 Å². The quantitative estimate of drug-likeness (QED) is 0.450. The van der Waals surface area contributed by atoms with Crippen LogP contribution in [0.1, 0.15) is 16.3 Å². The fourth-order valence-electron chi connectivity index (χ4n) is 2.58. The van der Waals surface area contributed by atoms with E-state index in [9.17, 15) is 9.59 Å². The summed E-state index contributed by atoms with van der Waals surface area (Å²) in [6.45, 7) is 0.193. The molecule has 0 saturated carbocycles. The lowest BCUT2D eigenvalue weighted by atomic mass is 10.2. The van der Waals surface area contributed by atoms with E-state index in [4.69, 9.17) is 9.15 Å². The number of halogens is 1. The van der Waals surface area contributed by atoms with Gasteiger partial charge < -0.3 is 14.5 Å². The molecule has 0 atom stereocenters. The lowest BCUT2D eigenvalue weighted by Gasteiger charge is -2.05. The van der Waals surface area contributed by atoms with Gasteiger partial charge in [0.25, 0.3) is 5.91 Å². The molecule has 1 amide bonds. The zero-order chi connectivity index (χ0) is 20.2. The van der Waals surface area contributed by atoms with E-state index in [1.54, 1.807) is 36.4 Å². The Morgan fingerprint density at radius 2 is 2.00 bits per heavy atom. The standard InChI is InChI=1S/C20H14BrN3O5/c21-13-4-2-6-15(10-13)27-11-16-7-8-17(28-16)19(25)22-14-5-1-3-12(9-14)18-23-20(26)29-24-18/h1-10H,11H2,(H,22,25)(H,23,24,26). The molecule has 0 unspecified atom stereocenters. The number of aromatic nitrogens is 2. The number of carbonyl (C=O) groups is 1. The van der Waals surface area contributed by atoms with Crippen LogP contribution in [0.5, 0.6) is 5.75 Å². The van der Waals surface area contributed by atoms with E-state index in [1.807, 2.05) is 24.3 Å². The van der Waals surface area contributed by atoms with Crippen molar-refractivity contribution in [3.63, 3.8) is 0 Å². The fraction of sp³-hybridized carbons (Fsp3) is 0.0500. The molecule has 2 aromatic carbocycles. The zero-order valence-electron chi connectivity index (χ0n) is 14.8. The van der Waals surface area contributed by atoms with Crippen molar-refractivity contribution in [2.75, 3.05) is 5.32 Å². The summed E-state index contributed by atoms with van der Waals surface area (Å²) in [6.07, 6.45) is 0. The molecule has 0 saturated heterocycles. The number of carbonyl (C=O) groups excluding carboxylic acids is 1. The monoisotopic (exact) mass is 455 g/mol. The van der Waals surface area contributed by atoms with E-state index in [0.717, 1.165) is 4.47 Å². The van der Waals surface area contributed by atoms with Crippen LogP contribution in [0.15, 0.2) is 78.9 Å². The Bertz CT molecular complexity index is 1210. The molecular formula is C20H14BrN3O5. The van der Waals surface area contributed by atoms with Gasteiger partial charge in [0.05, 0.1) is 0 Å². The summed E-state index contributed by atoms with van der Waals surface area (Å²) >= 11 is 3.38. The molecule has 9 heteroatoms. The summed E-state index contributed by atoms with van der Waals surface area (Å²) in [7, 11) is 0. The molecule has 8 nitrogen and oxygen atoms in total. The van der Waals surface area contributed by atoms with Gasteiger partial charge in [-0.05, 0) is 42.5 Å². The van der Waals surface area contributed by atoms with Crippen molar-refractivity contribution >= 4 is 27.5 Å². The van der Waals surface area contributed by atoms with Crippen LogP contribution in [0.3, 0.4) is 0 Å². The first-order chi connectivity index (χ1) is 14.1. The molecule has 0 fully saturated rings. The first-order valence-electron chi connectivity index (χ1n) is 8.52. The highest BCUT2D eigenvalue weighted by Crippen LogP contribution is 2.21.